The van der Waals surface area contributed by atoms with Gasteiger partial charge in [-0.2, -0.15) is 0 Å². The molecule has 174 valence electrons. The number of ether oxygens (including phenoxy) is 1. The first-order valence-electron chi connectivity index (χ1n) is 9.93. The van der Waals surface area contributed by atoms with Crippen molar-refractivity contribution in [1.82, 2.24) is 25.3 Å². The third kappa shape index (κ3) is 5.40. The maximum atomic E-state index is 12.1. The van der Waals surface area contributed by atoms with E-state index in [0.29, 0.717) is 33.1 Å². The van der Waals surface area contributed by atoms with Gasteiger partial charge in [-0.15, -0.1) is 11.8 Å². The molecule has 1 atom stereocenters. The Hall–Kier alpha value is -3.67. The third-order valence-corrected chi connectivity index (χ3v) is 6.07. The van der Waals surface area contributed by atoms with E-state index < -0.39 is 17.9 Å². The van der Waals surface area contributed by atoms with Crippen LogP contribution in [-0.2, 0) is 9.59 Å². The monoisotopic (exact) mass is 472 g/mol. The van der Waals surface area contributed by atoms with Crippen LogP contribution in [-0.4, -0.2) is 55.8 Å². The summed E-state index contributed by atoms with van der Waals surface area (Å²) >= 11 is 1.20. The smallest absolute Gasteiger partial charge is 0.327 e. The molecule has 0 aliphatic heterocycles. The highest BCUT2D eigenvalue weighted by Crippen LogP contribution is 2.37. The van der Waals surface area contributed by atoms with Gasteiger partial charge in [-0.25, -0.2) is 19.7 Å². The van der Waals surface area contributed by atoms with Gasteiger partial charge >= 0.3 is 5.97 Å². The van der Waals surface area contributed by atoms with Crippen LogP contribution in [0.4, 0.5) is 11.9 Å². The fraction of sp³-hybridized carbons (Fsp3) is 0.333. The Morgan fingerprint density at radius 3 is 2.52 bits per heavy atom. The number of nitrogens with one attached hydrogen (secondary N) is 3. The van der Waals surface area contributed by atoms with Gasteiger partial charge in [0.25, 0.3) is 5.56 Å². The number of rotatable bonds is 8. The van der Waals surface area contributed by atoms with Gasteiger partial charge in [-0.1, -0.05) is 0 Å². The molecule has 12 heteroatoms. The predicted octanol–water partition coefficient (Wildman–Crippen LogP) is 2.07. The number of benzene rings is 1. The van der Waals surface area contributed by atoms with E-state index in [1.807, 2.05) is 13.0 Å². The molecule has 33 heavy (non-hydrogen) atoms. The molecular weight excluding hydrogens is 448 g/mol. The number of aliphatic carboxylic acids is 1. The molecule has 2 aromatic heterocycles. The molecule has 0 saturated heterocycles. The van der Waals surface area contributed by atoms with E-state index in [-0.39, 0.29) is 23.2 Å². The minimum absolute atomic E-state index is 0.0578. The first-order chi connectivity index (χ1) is 15.6. The number of thioether (sulfide) groups is 1. The van der Waals surface area contributed by atoms with E-state index in [1.165, 1.54) is 25.8 Å². The number of carbonyl (C=O) groups excluding carboxylic acids is 1. The molecule has 3 aromatic rings. The summed E-state index contributed by atoms with van der Waals surface area (Å²) in [5, 5.41) is 15.5. The molecule has 1 aromatic carbocycles. The number of hydrogen-bond acceptors (Lipinski definition) is 9. The van der Waals surface area contributed by atoms with E-state index in [0.717, 1.165) is 5.39 Å². The lowest BCUT2D eigenvalue weighted by atomic mass is 10.2. The molecule has 0 aliphatic carbocycles. The van der Waals surface area contributed by atoms with Crippen molar-refractivity contribution in [3.63, 3.8) is 0 Å². The lowest BCUT2D eigenvalue weighted by Gasteiger charge is -2.16. The zero-order valence-corrected chi connectivity index (χ0v) is 19.6. The first-order valence-corrected chi connectivity index (χ1v) is 10.9. The summed E-state index contributed by atoms with van der Waals surface area (Å²) in [6.07, 6.45) is 0. The topological polar surface area (TPSA) is 159 Å². The van der Waals surface area contributed by atoms with Gasteiger partial charge in [-0.05, 0) is 32.9 Å². The Balaban J connectivity index is 2.04. The van der Waals surface area contributed by atoms with Gasteiger partial charge in [0.2, 0.25) is 17.8 Å². The van der Waals surface area contributed by atoms with Crippen molar-refractivity contribution in [2.75, 3.05) is 18.2 Å². The number of aromatic nitrogens is 4. The quantitative estimate of drug-likeness (QED) is 0.357. The van der Waals surface area contributed by atoms with Crippen LogP contribution < -0.4 is 20.9 Å². The zero-order valence-electron chi connectivity index (χ0n) is 18.8. The molecule has 1 amide bonds. The summed E-state index contributed by atoms with van der Waals surface area (Å²) in [6.45, 7) is 6.49. The molecule has 0 fully saturated rings. The summed E-state index contributed by atoms with van der Waals surface area (Å²) in [7, 11) is 1.50. The number of carbonyl (C=O) groups is 2. The van der Waals surface area contributed by atoms with E-state index >= 15 is 0 Å². The minimum atomic E-state index is -1.14. The number of aryl methyl sites for hydroxylation is 2. The van der Waals surface area contributed by atoms with Crippen LogP contribution in [0.25, 0.3) is 10.9 Å². The number of aromatic amines is 1. The number of methoxy groups -OCH3 is 1. The SMILES string of the molecule is COc1ccc2c(C)nc(Nc3nc(C)c(C)c(=O)[nH]3)nc2c1SC[C@H](NC(C)=O)C(=O)O. The second-order valence-electron chi connectivity index (χ2n) is 7.28. The summed E-state index contributed by atoms with van der Waals surface area (Å²) < 4.78 is 5.47. The largest absolute Gasteiger partial charge is 0.496 e. The van der Waals surface area contributed by atoms with E-state index in [4.69, 9.17) is 4.74 Å². The van der Waals surface area contributed by atoms with Crippen LogP contribution in [0, 0.1) is 20.8 Å². The molecule has 0 saturated carbocycles. The van der Waals surface area contributed by atoms with Crippen molar-refractivity contribution in [3.05, 3.63) is 39.4 Å². The van der Waals surface area contributed by atoms with Gasteiger partial charge in [0, 0.05) is 29.3 Å². The number of H-pyrrole nitrogens is 1. The summed E-state index contributed by atoms with van der Waals surface area (Å²) in [6, 6.07) is 2.48. The molecule has 3 rings (SSSR count). The van der Waals surface area contributed by atoms with Crippen molar-refractivity contribution in [1.29, 1.82) is 0 Å². The number of hydrogen-bond donors (Lipinski definition) is 4. The Kier molecular flexibility index (Phi) is 7.16. The average Bonchev–Trinajstić information content (AvgIpc) is 2.74. The average molecular weight is 473 g/mol. The summed E-state index contributed by atoms with van der Waals surface area (Å²) in [5.74, 6) is -0.612. The maximum absolute atomic E-state index is 12.1. The third-order valence-electron chi connectivity index (χ3n) is 4.89. The number of amides is 1. The van der Waals surface area contributed by atoms with Gasteiger partial charge in [0.15, 0.2) is 0 Å². The fourth-order valence-corrected chi connectivity index (χ4v) is 4.20. The molecule has 0 aliphatic rings. The number of carboxylic acids is 1. The first kappa shape index (κ1) is 24.0. The lowest BCUT2D eigenvalue weighted by molar-refractivity contribution is -0.140. The van der Waals surface area contributed by atoms with Gasteiger partial charge in [0.05, 0.1) is 23.2 Å². The van der Waals surface area contributed by atoms with Crippen molar-refractivity contribution in [2.24, 2.45) is 0 Å². The summed E-state index contributed by atoms with van der Waals surface area (Å²) in [5.41, 5.74) is 2.03. The minimum Gasteiger partial charge on any atom is -0.496 e. The summed E-state index contributed by atoms with van der Waals surface area (Å²) in [4.78, 5) is 51.6. The number of carboxylic acid groups (broad SMARTS) is 1. The Morgan fingerprint density at radius 2 is 1.91 bits per heavy atom. The number of fused-ring (bicyclic) bond motifs is 1. The standard InChI is InChI=1S/C21H24N6O5S/c1-9-10(2)22-21(26-18(9)29)27-20-23-11(3)13-6-7-15(32-5)17(16(13)25-20)33-8-14(19(30)31)24-12(4)28/h6-7,14H,8H2,1-5H3,(H,24,28)(H,30,31)(H2,22,23,25,26,27,29)/t14-/m0/s1. The molecule has 0 bridgehead atoms. The second kappa shape index (κ2) is 9.86. The van der Waals surface area contributed by atoms with Crippen LogP contribution in [0.15, 0.2) is 21.8 Å². The van der Waals surface area contributed by atoms with E-state index in [2.05, 4.69) is 30.6 Å². The molecule has 11 nitrogen and oxygen atoms in total. The fourth-order valence-electron chi connectivity index (χ4n) is 3.06. The van der Waals surface area contributed by atoms with Crippen LogP contribution in [0.2, 0.25) is 0 Å². The van der Waals surface area contributed by atoms with Crippen LogP contribution in [0.1, 0.15) is 23.9 Å². The normalized spacial score (nSPS) is 11.8. The Bertz CT molecular complexity index is 1290. The highest BCUT2D eigenvalue weighted by Gasteiger charge is 2.22. The van der Waals surface area contributed by atoms with E-state index in [9.17, 15) is 19.5 Å². The predicted molar refractivity (Wildman–Crippen MR) is 124 cm³/mol. The van der Waals surface area contributed by atoms with Crippen molar-refractivity contribution in [2.45, 2.75) is 38.6 Å². The van der Waals surface area contributed by atoms with Gasteiger partial charge in [-0.3, -0.25) is 19.9 Å². The number of anilines is 2. The van der Waals surface area contributed by atoms with Gasteiger partial charge < -0.3 is 15.2 Å². The molecule has 0 radical (unpaired) electrons. The van der Waals surface area contributed by atoms with Crippen molar-refractivity contribution >= 4 is 46.4 Å². The van der Waals surface area contributed by atoms with Crippen LogP contribution >= 0.6 is 11.8 Å². The zero-order chi connectivity index (χ0) is 24.3. The molecule has 2 heterocycles. The molecule has 4 N–H and O–H groups in total. The van der Waals surface area contributed by atoms with Crippen LogP contribution in [0.3, 0.4) is 0 Å². The van der Waals surface area contributed by atoms with Crippen molar-refractivity contribution in [3.8, 4) is 5.75 Å². The van der Waals surface area contributed by atoms with E-state index in [1.54, 1.807) is 19.9 Å². The van der Waals surface area contributed by atoms with Crippen LogP contribution in [0.5, 0.6) is 5.75 Å². The molecule has 0 unspecified atom stereocenters. The molecule has 0 spiro atoms. The lowest BCUT2D eigenvalue weighted by Crippen LogP contribution is -2.41. The Labute approximate surface area is 193 Å². The number of nitrogens with zero attached hydrogens (tertiary/aromatic N) is 3. The van der Waals surface area contributed by atoms with Crippen molar-refractivity contribution < 1.29 is 19.4 Å². The molecular formula is C21H24N6O5S. The highest BCUT2D eigenvalue weighted by molar-refractivity contribution is 7.99. The highest BCUT2D eigenvalue weighted by atomic mass is 32.2. The van der Waals surface area contributed by atoms with Gasteiger partial charge in [0.1, 0.15) is 11.8 Å². The Morgan fingerprint density at radius 1 is 1.18 bits per heavy atom. The maximum Gasteiger partial charge on any atom is 0.327 e. The second-order valence-corrected chi connectivity index (χ2v) is 8.31.